The van der Waals surface area contributed by atoms with Gasteiger partial charge in [0.05, 0.1) is 0 Å². The fourth-order valence-electron chi connectivity index (χ4n) is 1.73. The van der Waals surface area contributed by atoms with Crippen LogP contribution < -0.4 is 5.32 Å². The van der Waals surface area contributed by atoms with Crippen molar-refractivity contribution in [1.29, 1.82) is 0 Å². The number of rotatable bonds is 6. The van der Waals surface area contributed by atoms with Gasteiger partial charge in [-0.15, -0.1) is 0 Å². The number of aromatic nitrogens is 2. The van der Waals surface area contributed by atoms with E-state index in [-0.39, 0.29) is 5.82 Å². The molecule has 1 aromatic heterocycles. The van der Waals surface area contributed by atoms with Gasteiger partial charge in [-0.1, -0.05) is 23.7 Å². The van der Waals surface area contributed by atoms with Crippen molar-refractivity contribution in [2.75, 3.05) is 19.0 Å². The summed E-state index contributed by atoms with van der Waals surface area (Å²) in [4.78, 5) is 8.32. The van der Waals surface area contributed by atoms with Gasteiger partial charge in [-0.3, -0.25) is 0 Å². The molecule has 0 unspecified atom stereocenters. The Bertz CT molecular complexity index is 563. The fourth-order valence-corrected chi connectivity index (χ4v) is 1.94. The number of hydrogen-bond donors (Lipinski definition) is 1. The highest BCUT2D eigenvalue weighted by Gasteiger charge is 2.03. The summed E-state index contributed by atoms with van der Waals surface area (Å²) in [6.07, 6.45) is 0.765. The van der Waals surface area contributed by atoms with E-state index >= 15 is 0 Å². The van der Waals surface area contributed by atoms with E-state index in [0.29, 0.717) is 29.9 Å². The molecule has 2 rings (SSSR count). The molecule has 0 bridgehead atoms. The molecule has 0 fully saturated rings. The van der Waals surface area contributed by atoms with Gasteiger partial charge in [-0.2, -0.15) is 0 Å². The van der Waals surface area contributed by atoms with Crippen LogP contribution in [0.3, 0.4) is 0 Å². The number of nitrogens with zero attached hydrogens (tertiary/aromatic N) is 2. The lowest BCUT2D eigenvalue weighted by atomic mass is 10.1. The molecule has 0 saturated carbocycles. The zero-order chi connectivity index (χ0) is 14.4. The maximum atomic E-state index is 12.8. The van der Waals surface area contributed by atoms with Crippen LogP contribution in [0.15, 0.2) is 30.3 Å². The summed E-state index contributed by atoms with van der Waals surface area (Å²) in [6.45, 7) is 0.985. The Morgan fingerprint density at radius 2 is 2.00 bits per heavy atom. The first-order chi connectivity index (χ1) is 9.67. The lowest BCUT2D eigenvalue weighted by molar-refractivity contribution is 0.178. The smallest absolute Gasteiger partial charge is 0.158 e. The molecule has 0 amide bonds. The first-order valence-electron chi connectivity index (χ1n) is 6.18. The van der Waals surface area contributed by atoms with Gasteiger partial charge in [0, 0.05) is 19.7 Å². The van der Waals surface area contributed by atoms with Crippen LogP contribution in [0.25, 0.3) is 0 Å². The quantitative estimate of drug-likeness (QED) is 0.832. The van der Waals surface area contributed by atoms with Gasteiger partial charge in [0.2, 0.25) is 0 Å². The van der Waals surface area contributed by atoms with Gasteiger partial charge in [-0.05, 0) is 24.1 Å². The van der Waals surface area contributed by atoms with Crippen LogP contribution in [0, 0.1) is 5.82 Å². The van der Waals surface area contributed by atoms with E-state index < -0.39 is 0 Å². The van der Waals surface area contributed by atoms with E-state index in [1.54, 1.807) is 25.3 Å². The van der Waals surface area contributed by atoms with Gasteiger partial charge in [0.1, 0.15) is 23.4 Å². The molecule has 0 aliphatic carbocycles. The SMILES string of the molecule is COCc1nc(Cl)cc(NCCc2ccc(F)cc2)n1. The zero-order valence-electron chi connectivity index (χ0n) is 11.1. The number of halogens is 2. The standard InChI is InChI=1S/C14H15ClFN3O/c1-20-9-14-18-12(15)8-13(19-14)17-7-6-10-2-4-11(16)5-3-10/h2-5,8H,6-7,9H2,1H3,(H,17,18,19). The summed E-state index contributed by atoms with van der Waals surface area (Å²) >= 11 is 5.91. The Kier molecular flexibility index (Phi) is 5.26. The molecular formula is C14H15ClFN3O. The Hall–Kier alpha value is -1.72. The molecule has 20 heavy (non-hydrogen) atoms. The van der Waals surface area contributed by atoms with Crippen molar-refractivity contribution in [1.82, 2.24) is 9.97 Å². The average Bonchev–Trinajstić information content (AvgIpc) is 2.41. The highest BCUT2D eigenvalue weighted by molar-refractivity contribution is 6.29. The molecule has 0 atom stereocenters. The van der Waals surface area contributed by atoms with Crippen LogP contribution in [0.5, 0.6) is 0 Å². The fraction of sp³-hybridized carbons (Fsp3) is 0.286. The zero-order valence-corrected chi connectivity index (χ0v) is 11.8. The molecule has 0 aliphatic rings. The predicted octanol–water partition coefficient (Wildman–Crippen LogP) is 3.07. The van der Waals surface area contributed by atoms with E-state index in [1.165, 1.54) is 12.1 Å². The largest absolute Gasteiger partial charge is 0.377 e. The first-order valence-corrected chi connectivity index (χ1v) is 6.56. The normalized spacial score (nSPS) is 10.6. The Balaban J connectivity index is 1.91. The number of methoxy groups -OCH3 is 1. The monoisotopic (exact) mass is 295 g/mol. The number of hydrogen-bond acceptors (Lipinski definition) is 4. The highest BCUT2D eigenvalue weighted by atomic mass is 35.5. The minimum Gasteiger partial charge on any atom is -0.377 e. The van der Waals surface area contributed by atoms with Crippen LogP contribution in [0.2, 0.25) is 5.15 Å². The van der Waals surface area contributed by atoms with Gasteiger partial charge >= 0.3 is 0 Å². The topological polar surface area (TPSA) is 47.0 Å². The van der Waals surface area contributed by atoms with Crippen molar-refractivity contribution < 1.29 is 9.13 Å². The number of anilines is 1. The van der Waals surface area contributed by atoms with Crippen molar-refractivity contribution in [3.63, 3.8) is 0 Å². The second-order valence-electron chi connectivity index (χ2n) is 4.23. The third-order valence-electron chi connectivity index (χ3n) is 2.65. The summed E-state index contributed by atoms with van der Waals surface area (Å²) in [6, 6.07) is 8.09. The van der Waals surface area contributed by atoms with Crippen LogP contribution in [0.1, 0.15) is 11.4 Å². The van der Waals surface area contributed by atoms with Crippen molar-refractivity contribution in [3.8, 4) is 0 Å². The lowest BCUT2D eigenvalue weighted by Crippen LogP contribution is -2.08. The Labute approximate surface area is 122 Å². The van der Waals surface area contributed by atoms with Crippen LogP contribution in [0.4, 0.5) is 10.2 Å². The Morgan fingerprint density at radius 3 is 2.70 bits per heavy atom. The lowest BCUT2D eigenvalue weighted by Gasteiger charge is -2.07. The van der Waals surface area contributed by atoms with E-state index in [1.807, 2.05) is 0 Å². The van der Waals surface area contributed by atoms with Gasteiger partial charge in [0.25, 0.3) is 0 Å². The van der Waals surface area contributed by atoms with Crippen LogP contribution in [-0.2, 0) is 17.8 Å². The molecular weight excluding hydrogens is 281 g/mol. The highest BCUT2D eigenvalue weighted by Crippen LogP contribution is 2.12. The van der Waals surface area contributed by atoms with Crippen molar-refractivity contribution in [3.05, 3.63) is 52.7 Å². The molecule has 0 spiro atoms. The third kappa shape index (κ3) is 4.43. The molecule has 2 aromatic rings. The van der Waals surface area contributed by atoms with E-state index in [4.69, 9.17) is 16.3 Å². The maximum absolute atomic E-state index is 12.8. The van der Waals surface area contributed by atoms with Crippen molar-refractivity contribution >= 4 is 17.4 Å². The molecule has 1 heterocycles. The maximum Gasteiger partial charge on any atom is 0.158 e. The second-order valence-corrected chi connectivity index (χ2v) is 4.62. The third-order valence-corrected chi connectivity index (χ3v) is 2.84. The summed E-state index contributed by atoms with van der Waals surface area (Å²) in [7, 11) is 1.58. The first kappa shape index (κ1) is 14.7. The molecule has 0 aliphatic heterocycles. The molecule has 106 valence electrons. The number of ether oxygens (including phenoxy) is 1. The van der Waals surface area contributed by atoms with E-state index in [9.17, 15) is 4.39 Å². The Morgan fingerprint density at radius 1 is 1.25 bits per heavy atom. The van der Waals surface area contributed by atoms with E-state index in [0.717, 1.165) is 12.0 Å². The average molecular weight is 296 g/mol. The summed E-state index contributed by atoms with van der Waals surface area (Å²) in [5, 5.41) is 3.53. The van der Waals surface area contributed by atoms with Gasteiger partial charge in [0.15, 0.2) is 5.82 Å². The van der Waals surface area contributed by atoms with E-state index in [2.05, 4.69) is 15.3 Å². The summed E-state index contributed by atoms with van der Waals surface area (Å²) < 4.78 is 17.8. The molecule has 6 heteroatoms. The van der Waals surface area contributed by atoms with Crippen molar-refractivity contribution in [2.24, 2.45) is 0 Å². The number of nitrogens with one attached hydrogen (secondary N) is 1. The molecule has 0 saturated heterocycles. The van der Waals surface area contributed by atoms with Crippen LogP contribution in [-0.4, -0.2) is 23.6 Å². The summed E-state index contributed by atoms with van der Waals surface area (Å²) in [5.41, 5.74) is 1.05. The van der Waals surface area contributed by atoms with Gasteiger partial charge in [-0.25, -0.2) is 14.4 Å². The van der Waals surface area contributed by atoms with Crippen LogP contribution >= 0.6 is 11.6 Å². The molecule has 4 nitrogen and oxygen atoms in total. The molecule has 0 radical (unpaired) electrons. The molecule has 1 N–H and O–H groups in total. The van der Waals surface area contributed by atoms with Gasteiger partial charge < -0.3 is 10.1 Å². The minimum absolute atomic E-state index is 0.228. The second kappa shape index (κ2) is 7.17. The minimum atomic E-state index is -0.228. The predicted molar refractivity (Wildman–Crippen MR) is 76.3 cm³/mol. The van der Waals surface area contributed by atoms with Crippen molar-refractivity contribution in [2.45, 2.75) is 13.0 Å². The summed E-state index contributed by atoms with van der Waals surface area (Å²) in [5.74, 6) is 0.956. The molecule has 1 aromatic carbocycles. The number of benzene rings is 1.